The van der Waals surface area contributed by atoms with Gasteiger partial charge in [0.25, 0.3) is 0 Å². The van der Waals surface area contributed by atoms with Crippen LogP contribution in [-0.2, 0) is 4.74 Å². The molecule has 0 radical (unpaired) electrons. The van der Waals surface area contributed by atoms with E-state index in [1.54, 1.807) is 0 Å². The highest BCUT2D eigenvalue weighted by atomic mass is 79.9. The minimum Gasteiger partial charge on any atom is -0.480 e. The second-order valence-electron chi connectivity index (χ2n) is 8.48. The summed E-state index contributed by atoms with van der Waals surface area (Å²) in [5, 5.41) is 0. The maximum Gasteiger partial charge on any atom is 0.197 e. The lowest BCUT2D eigenvalue weighted by molar-refractivity contribution is 0.196. The van der Waals surface area contributed by atoms with Crippen LogP contribution in [0.25, 0.3) is 0 Å². The fraction of sp³-hybridized carbons (Fsp3) is 0.321. The van der Waals surface area contributed by atoms with Gasteiger partial charge in [0.05, 0.1) is 11.2 Å². The molecule has 1 aliphatic carbocycles. The van der Waals surface area contributed by atoms with Crippen molar-refractivity contribution in [3.63, 3.8) is 0 Å². The van der Waals surface area contributed by atoms with Crippen molar-refractivity contribution in [2.24, 2.45) is 10.3 Å². The van der Waals surface area contributed by atoms with Gasteiger partial charge in [0.2, 0.25) is 0 Å². The van der Waals surface area contributed by atoms with Crippen LogP contribution in [0.3, 0.4) is 0 Å². The Morgan fingerprint density at radius 1 is 0.771 bits per heavy atom. The van der Waals surface area contributed by atoms with Crippen LogP contribution >= 0.6 is 67.3 Å². The van der Waals surface area contributed by atoms with Gasteiger partial charge in [-0.15, -0.1) is 23.5 Å². The van der Waals surface area contributed by atoms with E-state index in [1.807, 2.05) is 29.6 Å². The molecule has 0 unspecified atom stereocenters. The van der Waals surface area contributed by atoms with Gasteiger partial charge in [-0.2, -0.15) is 4.40 Å². The molecule has 0 spiro atoms. The van der Waals surface area contributed by atoms with Crippen molar-refractivity contribution < 1.29 is 4.74 Å². The van der Waals surface area contributed by atoms with Gasteiger partial charge in [-0.3, -0.25) is 0 Å². The molecule has 1 saturated carbocycles. The van der Waals surface area contributed by atoms with Crippen molar-refractivity contribution in [1.29, 1.82) is 0 Å². The molecular formula is C28H29Br2NOS3. The van der Waals surface area contributed by atoms with Crippen LogP contribution in [-0.4, -0.2) is 17.1 Å². The molecule has 0 bridgehead atoms. The van der Waals surface area contributed by atoms with Gasteiger partial charge in [0.1, 0.15) is 0 Å². The number of thioether (sulfide) groups is 2. The number of rotatable bonds is 10. The smallest absolute Gasteiger partial charge is 0.197 e. The lowest BCUT2D eigenvalue weighted by Crippen LogP contribution is -2.18. The molecule has 184 valence electrons. The average molecular weight is 652 g/mol. The zero-order valence-electron chi connectivity index (χ0n) is 19.4. The molecule has 0 aromatic heterocycles. The van der Waals surface area contributed by atoms with Crippen molar-refractivity contribution in [3.05, 3.63) is 87.8 Å². The van der Waals surface area contributed by atoms with E-state index in [1.165, 1.54) is 53.8 Å². The Kier molecular flexibility index (Phi) is 11.5. The van der Waals surface area contributed by atoms with Crippen LogP contribution in [0.4, 0.5) is 0 Å². The fourth-order valence-corrected chi connectivity index (χ4v) is 7.50. The lowest BCUT2D eigenvalue weighted by Gasteiger charge is -2.23. The molecule has 0 saturated heterocycles. The number of hydrogen-bond donors (Lipinski definition) is 0. The first-order chi connectivity index (χ1) is 17.1. The highest BCUT2D eigenvalue weighted by Crippen LogP contribution is 2.39. The van der Waals surface area contributed by atoms with E-state index in [2.05, 4.69) is 105 Å². The maximum atomic E-state index is 6.43. The molecule has 4 rings (SSSR count). The summed E-state index contributed by atoms with van der Waals surface area (Å²) < 4.78 is 13.8. The minimum absolute atomic E-state index is 0.235. The van der Waals surface area contributed by atoms with Gasteiger partial charge in [-0.05, 0) is 79.4 Å². The number of nitrogens with zero attached hydrogens (tertiary/aromatic N) is 1. The Balaban J connectivity index is 1.51. The standard InChI is InChI=1S/C28H29Br2NOS3/c29-22-11-15-24(16-12-22)33-28(34-25-17-13-23(30)14-18-25)19-27(31-35-26-9-5-2-6-10-26)32-20-21-7-3-1-4-8-21/h2,5-6,9-18,21,28H,1,3-4,7-8,19-20H2. The zero-order valence-corrected chi connectivity index (χ0v) is 25.1. The van der Waals surface area contributed by atoms with Gasteiger partial charge in [0.15, 0.2) is 5.90 Å². The Hall–Kier alpha value is -0.860. The molecule has 2 nitrogen and oxygen atoms in total. The summed E-state index contributed by atoms with van der Waals surface area (Å²) in [5.41, 5.74) is 0. The van der Waals surface area contributed by atoms with Crippen molar-refractivity contribution in [2.45, 2.75) is 57.8 Å². The predicted octanol–water partition coefficient (Wildman–Crippen LogP) is 10.5. The second-order valence-corrected chi connectivity index (χ2v) is 14.0. The molecule has 35 heavy (non-hydrogen) atoms. The molecule has 1 aliphatic rings. The molecule has 0 heterocycles. The number of ether oxygens (including phenoxy) is 1. The molecule has 7 heteroatoms. The van der Waals surface area contributed by atoms with Crippen molar-refractivity contribution >= 4 is 73.2 Å². The van der Waals surface area contributed by atoms with E-state index < -0.39 is 0 Å². The molecule has 0 N–H and O–H groups in total. The van der Waals surface area contributed by atoms with Crippen molar-refractivity contribution in [1.82, 2.24) is 0 Å². The van der Waals surface area contributed by atoms with E-state index >= 15 is 0 Å². The summed E-state index contributed by atoms with van der Waals surface area (Å²) in [6.45, 7) is 0.771. The molecule has 0 amide bonds. The highest BCUT2D eigenvalue weighted by molar-refractivity contribution is 9.10. The highest BCUT2D eigenvalue weighted by Gasteiger charge is 2.20. The van der Waals surface area contributed by atoms with Crippen molar-refractivity contribution in [3.8, 4) is 0 Å². The first-order valence-electron chi connectivity index (χ1n) is 11.9. The Labute approximate surface area is 238 Å². The normalized spacial score (nSPS) is 14.9. The second kappa shape index (κ2) is 14.8. The third kappa shape index (κ3) is 9.84. The number of halogens is 2. The molecule has 3 aromatic rings. The van der Waals surface area contributed by atoms with Gasteiger partial charge in [-0.1, -0.05) is 69.3 Å². The monoisotopic (exact) mass is 649 g/mol. The first kappa shape index (κ1) is 27.2. The van der Waals surface area contributed by atoms with Crippen LogP contribution in [0.2, 0.25) is 0 Å². The third-order valence-electron chi connectivity index (χ3n) is 5.71. The van der Waals surface area contributed by atoms with E-state index in [-0.39, 0.29) is 4.58 Å². The summed E-state index contributed by atoms with van der Waals surface area (Å²) in [6.07, 6.45) is 7.29. The van der Waals surface area contributed by atoms with E-state index in [4.69, 9.17) is 9.13 Å². The minimum atomic E-state index is 0.235. The number of hydrogen-bond acceptors (Lipinski definition) is 5. The molecular weight excluding hydrogens is 622 g/mol. The van der Waals surface area contributed by atoms with Crippen LogP contribution < -0.4 is 0 Å². The molecule has 0 aliphatic heterocycles. The van der Waals surface area contributed by atoms with Crippen molar-refractivity contribution in [2.75, 3.05) is 6.61 Å². The lowest BCUT2D eigenvalue weighted by atomic mass is 9.90. The maximum absolute atomic E-state index is 6.43. The van der Waals surface area contributed by atoms with Gasteiger partial charge in [0, 0.05) is 42.0 Å². The summed E-state index contributed by atoms with van der Waals surface area (Å²) >= 11 is 12.3. The van der Waals surface area contributed by atoms with Crippen LogP contribution in [0.15, 0.2) is 107 Å². The first-order valence-corrected chi connectivity index (χ1v) is 16.0. The van der Waals surface area contributed by atoms with Gasteiger partial charge >= 0.3 is 0 Å². The summed E-state index contributed by atoms with van der Waals surface area (Å²) in [6, 6.07) is 27.4. The summed E-state index contributed by atoms with van der Waals surface area (Å²) in [7, 11) is 0. The summed E-state index contributed by atoms with van der Waals surface area (Å²) in [4.78, 5) is 3.61. The molecule has 1 fully saturated rings. The van der Waals surface area contributed by atoms with Gasteiger partial charge in [-0.25, -0.2) is 0 Å². The third-order valence-corrected chi connectivity index (χ3v) is 10.1. The quantitative estimate of drug-likeness (QED) is 0.0715. The fourth-order valence-electron chi connectivity index (χ4n) is 3.86. The number of benzene rings is 3. The molecule has 0 atom stereocenters. The summed E-state index contributed by atoms with van der Waals surface area (Å²) in [5.74, 6) is 1.48. The van der Waals surface area contributed by atoms with Crippen LogP contribution in [0.1, 0.15) is 38.5 Å². The van der Waals surface area contributed by atoms with Gasteiger partial charge < -0.3 is 4.74 Å². The molecule has 3 aromatic carbocycles. The van der Waals surface area contributed by atoms with E-state index in [0.717, 1.165) is 32.8 Å². The SMILES string of the molecule is Brc1ccc(SC(CC(=NSc2ccccc2)OCC2CCCCC2)Sc2ccc(Br)cc2)cc1. The Morgan fingerprint density at radius 3 is 1.91 bits per heavy atom. The topological polar surface area (TPSA) is 21.6 Å². The zero-order chi connectivity index (χ0) is 24.3. The van der Waals surface area contributed by atoms with E-state index in [9.17, 15) is 0 Å². The Morgan fingerprint density at radius 2 is 1.34 bits per heavy atom. The largest absolute Gasteiger partial charge is 0.480 e. The predicted molar refractivity (Wildman–Crippen MR) is 161 cm³/mol. The van der Waals surface area contributed by atoms with Crippen LogP contribution in [0.5, 0.6) is 0 Å². The van der Waals surface area contributed by atoms with Crippen LogP contribution in [0, 0.1) is 5.92 Å². The average Bonchev–Trinajstić information content (AvgIpc) is 2.89. The van der Waals surface area contributed by atoms with E-state index in [0.29, 0.717) is 5.92 Å². The Bertz CT molecular complexity index is 1010.